The van der Waals surface area contributed by atoms with Crippen molar-refractivity contribution in [3.05, 3.63) is 0 Å². The summed E-state index contributed by atoms with van der Waals surface area (Å²) in [4.78, 5) is -1.26. The summed E-state index contributed by atoms with van der Waals surface area (Å²) in [6.07, 6.45) is 5.40. The molecule has 0 aliphatic carbocycles. The molecule has 0 radical (unpaired) electrons. The third kappa shape index (κ3) is 9.24. The van der Waals surface area contributed by atoms with Crippen LogP contribution in [0.2, 0.25) is 12.6 Å². The highest BCUT2D eigenvalue weighted by atomic mass is 127. The molecule has 10 heavy (non-hydrogen) atoms. The maximum atomic E-state index is 6.14. The minimum absolute atomic E-state index is 1.26. The largest absolute Gasteiger partial charge is 0.218 e. The van der Waals surface area contributed by atoms with E-state index in [0.717, 1.165) is 0 Å². The minimum atomic E-state index is -1.26. The first-order chi connectivity index (χ1) is 4.56. The highest BCUT2D eigenvalue weighted by Crippen LogP contribution is 2.25. The predicted molar refractivity (Wildman–Crippen MR) is 60.4 cm³/mol. The van der Waals surface area contributed by atoms with Gasteiger partial charge in [-0.3, -0.25) is 0 Å². The zero-order valence-corrected chi connectivity index (χ0v) is 10.7. The van der Waals surface area contributed by atoms with Gasteiger partial charge in [0.25, 0.3) is 0 Å². The molecule has 0 bridgehead atoms. The Balaban J connectivity index is 3.04. The standard InChI is InChI=1S/C7H16ClISi/c1-3-4-5-6-7-10(2,8)9/h3-7H2,1-2H3. The minimum Gasteiger partial charge on any atom is -0.153 e. The summed E-state index contributed by atoms with van der Waals surface area (Å²) in [5, 5.41) is 0. The SMILES string of the molecule is CCCCCC[Si](C)(Cl)I. The Hall–Kier alpha value is 1.24. The second kappa shape index (κ2) is 5.83. The molecule has 0 aliphatic heterocycles. The first kappa shape index (κ1) is 11.2. The molecule has 0 aromatic heterocycles. The van der Waals surface area contributed by atoms with E-state index in [1.54, 1.807) is 0 Å². The number of hydrogen-bond donors (Lipinski definition) is 0. The maximum Gasteiger partial charge on any atom is 0.218 e. The van der Waals surface area contributed by atoms with Crippen LogP contribution in [0.5, 0.6) is 0 Å². The topological polar surface area (TPSA) is 0 Å². The lowest BCUT2D eigenvalue weighted by molar-refractivity contribution is 0.699. The van der Waals surface area contributed by atoms with E-state index < -0.39 is 4.88 Å². The van der Waals surface area contributed by atoms with Crippen LogP contribution in [0, 0.1) is 0 Å². The molecular formula is C7H16ClISi. The Labute approximate surface area is 82.7 Å². The molecule has 0 aromatic rings. The molecule has 0 nitrogen and oxygen atoms in total. The van der Waals surface area contributed by atoms with Crippen LogP contribution in [-0.4, -0.2) is 4.88 Å². The van der Waals surface area contributed by atoms with Crippen LogP contribution in [0.15, 0.2) is 0 Å². The summed E-state index contributed by atoms with van der Waals surface area (Å²) in [5.41, 5.74) is 0. The van der Waals surface area contributed by atoms with E-state index in [9.17, 15) is 0 Å². The smallest absolute Gasteiger partial charge is 0.153 e. The quantitative estimate of drug-likeness (QED) is 0.306. The van der Waals surface area contributed by atoms with Gasteiger partial charge in [-0.1, -0.05) is 54.4 Å². The molecule has 0 aliphatic rings. The van der Waals surface area contributed by atoms with Crippen molar-refractivity contribution in [2.45, 2.75) is 45.2 Å². The number of unbranched alkanes of at least 4 members (excludes halogenated alkanes) is 3. The Morgan fingerprint density at radius 1 is 1.30 bits per heavy atom. The zero-order valence-electron chi connectivity index (χ0n) is 6.79. The first-order valence-corrected chi connectivity index (χ1v) is 10.8. The number of rotatable bonds is 5. The highest BCUT2D eigenvalue weighted by Gasteiger charge is 2.17. The van der Waals surface area contributed by atoms with E-state index in [-0.39, 0.29) is 0 Å². The Kier molecular flexibility index (Phi) is 6.55. The van der Waals surface area contributed by atoms with E-state index in [2.05, 4.69) is 35.3 Å². The predicted octanol–water partition coefficient (Wildman–Crippen LogP) is 4.31. The molecule has 0 amide bonds. The Bertz CT molecular complexity index is 80.2. The molecule has 3 heteroatoms. The van der Waals surface area contributed by atoms with Gasteiger partial charge >= 0.3 is 0 Å². The third-order valence-electron chi connectivity index (χ3n) is 1.47. The summed E-state index contributed by atoms with van der Waals surface area (Å²) in [6, 6.07) is 1.27. The molecule has 62 valence electrons. The molecule has 1 unspecified atom stereocenters. The second-order valence-electron chi connectivity index (χ2n) is 2.88. The average molecular weight is 291 g/mol. The maximum absolute atomic E-state index is 6.14. The van der Waals surface area contributed by atoms with Crippen molar-refractivity contribution in [2.24, 2.45) is 0 Å². The Morgan fingerprint density at radius 2 is 1.90 bits per heavy atom. The molecule has 0 rings (SSSR count). The molecule has 0 spiro atoms. The van der Waals surface area contributed by atoms with Gasteiger partial charge in [-0.2, -0.15) is 11.1 Å². The van der Waals surface area contributed by atoms with E-state index in [1.807, 2.05) is 0 Å². The highest BCUT2D eigenvalue weighted by molar-refractivity contribution is 14.1. The van der Waals surface area contributed by atoms with Gasteiger partial charge in [0.2, 0.25) is 4.88 Å². The van der Waals surface area contributed by atoms with Crippen molar-refractivity contribution in [1.29, 1.82) is 0 Å². The van der Waals surface area contributed by atoms with Gasteiger partial charge in [0, 0.05) is 0 Å². The fraction of sp³-hybridized carbons (Fsp3) is 1.00. The lowest BCUT2D eigenvalue weighted by atomic mass is 10.2. The molecule has 0 N–H and O–H groups in total. The van der Waals surface area contributed by atoms with Gasteiger partial charge in [-0.05, 0) is 12.6 Å². The van der Waals surface area contributed by atoms with Gasteiger partial charge in [-0.15, -0.1) is 0 Å². The second-order valence-corrected chi connectivity index (χ2v) is 17.1. The monoisotopic (exact) mass is 290 g/mol. The summed E-state index contributed by atoms with van der Waals surface area (Å²) < 4.78 is 0. The van der Waals surface area contributed by atoms with Crippen LogP contribution in [0.3, 0.4) is 0 Å². The molecule has 0 aromatic carbocycles. The summed E-state index contributed by atoms with van der Waals surface area (Å²) in [7, 11) is 0. The van der Waals surface area contributed by atoms with Crippen molar-refractivity contribution in [3.8, 4) is 0 Å². The van der Waals surface area contributed by atoms with E-state index in [4.69, 9.17) is 11.1 Å². The lowest BCUT2D eigenvalue weighted by Crippen LogP contribution is -2.10. The third-order valence-corrected chi connectivity index (χ3v) is 4.89. The van der Waals surface area contributed by atoms with Crippen molar-refractivity contribution >= 4 is 37.8 Å². The van der Waals surface area contributed by atoms with Crippen molar-refractivity contribution < 1.29 is 0 Å². The molecule has 0 fully saturated rings. The number of hydrogen-bond acceptors (Lipinski definition) is 0. The van der Waals surface area contributed by atoms with E-state index in [1.165, 1.54) is 31.7 Å². The van der Waals surface area contributed by atoms with Crippen molar-refractivity contribution in [2.75, 3.05) is 0 Å². The van der Waals surface area contributed by atoms with Crippen LogP contribution >= 0.6 is 32.9 Å². The summed E-state index contributed by atoms with van der Waals surface area (Å²) in [6.45, 7) is 4.45. The van der Waals surface area contributed by atoms with Gasteiger partial charge in [0.1, 0.15) is 0 Å². The Morgan fingerprint density at radius 3 is 2.30 bits per heavy atom. The van der Waals surface area contributed by atoms with Crippen LogP contribution in [0.1, 0.15) is 32.6 Å². The number of halogens is 2. The van der Waals surface area contributed by atoms with Gasteiger partial charge in [0.15, 0.2) is 0 Å². The van der Waals surface area contributed by atoms with Crippen LogP contribution in [0.25, 0.3) is 0 Å². The van der Waals surface area contributed by atoms with Gasteiger partial charge < -0.3 is 0 Å². The van der Waals surface area contributed by atoms with E-state index >= 15 is 0 Å². The lowest BCUT2D eigenvalue weighted by Gasteiger charge is -2.08. The normalized spacial score (nSPS) is 16.8. The molecule has 1 atom stereocenters. The van der Waals surface area contributed by atoms with Crippen molar-refractivity contribution in [1.82, 2.24) is 0 Å². The fourth-order valence-electron chi connectivity index (χ4n) is 0.862. The van der Waals surface area contributed by atoms with Crippen LogP contribution < -0.4 is 0 Å². The van der Waals surface area contributed by atoms with Crippen molar-refractivity contribution in [3.63, 3.8) is 0 Å². The van der Waals surface area contributed by atoms with Crippen LogP contribution in [0.4, 0.5) is 0 Å². The molecule has 0 saturated heterocycles. The molecule has 0 heterocycles. The molecular weight excluding hydrogens is 275 g/mol. The van der Waals surface area contributed by atoms with Gasteiger partial charge in [-0.25, -0.2) is 0 Å². The average Bonchev–Trinajstić information content (AvgIpc) is 1.78. The first-order valence-electron chi connectivity index (χ1n) is 3.94. The fourth-order valence-corrected chi connectivity index (χ4v) is 3.28. The van der Waals surface area contributed by atoms with E-state index in [0.29, 0.717) is 0 Å². The zero-order chi connectivity index (χ0) is 8.04. The summed E-state index contributed by atoms with van der Waals surface area (Å²) in [5.74, 6) is 0. The van der Waals surface area contributed by atoms with Crippen LogP contribution in [-0.2, 0) is 0 Å². The molecule has 0 saturated carbocycles. The van der Waals surface area contributed by atoms with Gasteiger partial charge in [0.05, 0.1) is 0 Å². The summed E-state index contributed by atoms with van der Waals surface area (Å²) >= 11 is 8.57.